The molecule has 2 N–H and O–H groups in total. The molecular formula is C21H30IN3O2. The van der Waals surface area contributed by atoms with Crippen LogP contribution in [-0.2, 0) is 16.0 Å². The number of nitrogens with zero attached hydrogens (tertiary/aromatic N) is 1. The number of aliphatic imine (C=N–C) groups is 1. The van der Waals surface area contributed by atoms with Crippen LogP contribution in [0.1, 0.15) is 24.8 Å². The summed E-state index contributed by atoms with van der Waals surface area (Å²) in [4.78, 5) is 4.28. The van der Waals surface area contributed by atoms with Gasteiger partial charge in [0.05, 0.1) is 12.7 Å². The van der Waals surface area contributed by atoms with Gasteiger partial charge in [-0.3, -0.25) is 4.99 Å². The van der Waals surface area contributed by atoms with Gasteiger partial charge in [0, 0.05) is 33.4 Å². The Morgan fingerprint density at radius 3 is 2.81 bits per heavy atom. The van der Waals surface area contributed by atoms with Crippen LogP contribution in [0.5, 0.6) is 0 Å². The van der Waals surface area contributed by atoms with Crippen LogP contribution in [-0.4, -0.2) is 45.5 Å². The van der Waals surface area contributed by atoms with E-state index in [0.29, 0.717) is 6.10 Å². The molecule has 1 aliphatic rings. The number of fused-ring (bicyclic) bond motifs is 1. The second-order valence-electron chi connectivity index (χ2n) is 6.60. The molecule has 0 bridgehead atoms. The van der Waals surface area contributed by atoms with Crippen molar-refractivity contribution in [2.45, 2.75) is 31.9 Å². The zero-order valence-electron chi connectivity index (χ0n) is 15.9. The highest BCUT2D eigenvalue weighted by molar-refractivity contribution is 14.0. The number of ether oxygens (including phenoxy) is 2. The molecule has 27 heavy (non-hydrogen) atoms. The van der Waals surface area contributed by atoms with Crippen LogP contribution in [0.2, 0.25) is 0 Å². The molecule has 1 atom stereocenters. The summed E-state index contributed by atoms with van der Waals surface area (Å²) in [7, 11) is 1.80. The summed E-state index contributed by atoms with van der Waals surface area (Å²) in [5.41, 5.74) is 1.24. The molecule has 1 heterocycles. The van der Waals surface area contributed by atoms with Gasteiger partial charge in [-0.25, -0.2) is 0 Å². The summed E-state index contributed by atoms with van der Waals surface area (Å²) in [6, 6.07) is 14.9. The first-order valence-electron chi connectivity index (χ1n) is 9.47. The molecule has 148 valence electrons. The summed E-state index contributed by atoms with van der Waals surface area (Å²) in [6.07, 6.45) is 3.54. The van der Waals surface area contributed by atoms with Crippen LogP contribution in [0.4, 0.5) is 0 Å². The maximum absolute atomic E-state index is 5.68. The molecule has 0 aliphatic carbocycles. The third-order valence-electron chi connectivity index (χ3n) is 4.58. The molecule has 5 nitrogen and oxygen atoms in total. The van der Waals surface area contributed by atoms with Crippen LogP contribution in [0, 0.1) is 0 Å². The van der Waals surface area contributed by atoms with Crippen molar-refractivity contribution in [2.24, 2.45) is 4.99 Å². The van der Waals surface area contributed by atoms with Gasteiger partial charge in [-0.1, -0.05) is 36.4 Å². The molecule has 3 rings (SSSR count). The molecule has 0 radical (unpaired) electrons. The zero-order valence-corrected chi connectivity index (χ0v) is 18.3. The number of benzene rings is 2. The van der Waals surface area contributed by atoms with Crippen molar-refractivity contribution >= 4 is 40.7 Å². The van der Waals surface area contributed by atoms with Gasteiger partial charge >= 0.3 is 0 Å². The molecular weight excluding hydrogens is 453 g/mol. The molecule has 1 aliphatic heterocycles. The van der Waals surface area contributed by atoms with E-state index in [9.17, 15) is 0 Å². The highest BCUT2D eigenvalue weighted by atomic mass is 127. The highest BCUT2D eigenvalue weighted by Crippen LogP contribution is 2.15. The van der Waals surface area contributed by atoms with Gasteiger partial charge in [0.2, 0.25) is 0 Å². The van der Waals surface area contributed by atoms with Gasteiger partial charge in [0.15, 0.2) is 5.96 Å². The number of guanidine groups is 1. The van der Waals surface area contributed by atoms with Gasteiger partial charge in [-0.15, -0.1) is 24.0 Å². The topological polar surface area (TPSA) is 54.9 Å². The van der Waals surface area contributed by atoms with Crippen LogP contribution in [0.3, 0.4) is 0 Å². The minimum absolute atomic E-state index is 0. The Hall–Kier alpha value is -1.38. The number of halogens is 1. The number of hydrogen-bond acceptors (Lipinski definition) is 3. The molecule has 2 aromatic rings. The maximum Gasteiger partial charge on any atom is 0.191 e. The molecule has 6 heteroatoms. The van der Waals surface area contributed by atoms with E-state index < -0.39 is 0 Å². The predicted molar refractivity (Wildman–Crippen MR) is 122 cm³/mol. The Kier molecular flexibility index (Phi) is 9.86. The van der Waals surface area contributed by atoms with Crippen molar-refractivity contribution in [2.75, 3.05) is 33.4 Å². The average molecular weight is 483 g/mol. The highest BCUT2D eigenvalue weighted by Gasteiger charge is 2.14. The smallest absolute Gasteiger partial charge is 0.191 e. The van der Waals surface area contributed by atoms with Gasteiger partial charge in [0.25, 0.3) is 0 Å². The minimum atomic E-state index is 0. The van der Waals surface area contributed by atoms with Crippen LogP contribution in [0.25, 0.3) is 10.8 Å². The van der Waals surface area contributed by atoms with E-state index in [2.05, 4.69) is 58.1 Å². The SMILES string of the molecule is CN=C(NCCCOCC1CCCO1)NCc1ccc2ccccc2c1.I. The van der Waals surface area contributed by atoms with Crippen molar-refractivity contribution in [3.63, 3.8) is 0 Å². The molecule has 0 saturated carbocycles. The summed E-state index contributed by atoms with van der Waals surface area (Å²) >= 11 is 0. The molecule has 0 spiro atoms. The van der Waals surface area contributed by atoms with Gasteiger partial charge in [0.1, 0.15) is 0 Å². The average Bonchev–Trinajstić information content (AvgIpc) is 3.20. The van der Waals surface area contributed by atoms with Gasteiger partial charge in [-0.05, 0) is 41.7 Å². The van der Waals surface area contributed by atoms with Crippen LogP contribution < -0.4 is 10.6 Å². The lowest BCUT2D eigenvalue weighted by atomic mass is 10.1. The quantitative estimate of drug-likeness (QED) is 0.260. The van der Waals surface area contributed by atoms with Crippen molar-refractivity contribution in [1.82, 2.24) is 10.6 Å². The first kappa shape index (κ1) is 21.9. The Bertz CT molecular complexity index is 717. The second kappa shape index (κ2) is 12.2. The number of hydrogen-bond donors (Lipinski definition) is 2. The first-order valence-corrected chi connectivity index (χ1v) is 9.47. The molecule has 0 aromatic heterocycles. The van der Waals surface area contributed by atoms with E-state index in [0.717, 1.165) is 58.1 Å². The molecule has 1 saturated heterocycles. The Balaban J connectivity index is 0.00000261. The van der Waals surface area contributed by atoms with E-state index in [1.54, 1.807) is 7.05 Å². The van der Waals surface area contributed by atoms with E-state index in [1.807, 2.05) is 0 Å². The fraction of sp³-hybridized carbons (Fsp3) is 0.476. The fourth-order valence-corrected chi connectivity index (χ4v) is 3.13. The second-order valence-corrected chi connectivity index (χ2v) is 6.60. The van der Waals surface area contributed by atoms with E-state index in [4.69, 9.17) is 9.47 Å². The zero-order chi connectivity index (χ0) is 18.0. The standard InChI is InChI=1S/C21H29N3O2.HI/c1-22-21(23-11-5-12-25-16-20-8-4-13-26-20)24-15-17-9-10-18-6-2-3-7-19(18)14-17;/h2-3,6-7,9-10,14,20H,4-5,8,11-13,15-16H2,1H3,(H2,22,23,24);1H. The lowest BCUT2D eigenvalue weighted by molar-refractivity contribution is 0.0168. The first-order chi connectivity index (χ1) is 12.8. The Morgan fingerprint density at radius 1 is 1.19 bits per heavy atom. The number of nitrogens with one attached hydrogen (secondary N) is 2. The monoisotopic (exact) mass is 483 g/mol. The van der Waals surface area contributed by atoms with E-state index >= 15 is 0 Å². The summed E-state index contributed by atoms with van der Waals surface area (Å²) in [5, 5.41) is 9.22. The van der Waals surface area contributed by atoms with E-state index in [-0.39, 0.29) is 24.0 Å². The largest absolute Gasteiger partial charge is 0.379 e. The molecule has 2 aromatic carbocycles. The maximum atomic E-state index is 5.68. The molecule has 0 amide bonds. The van der Waals surface area contributed by atoms with Crippen molar-refractivity contribution in [3.05, 3.63) is 48.0 Å². The summed E-state index contributed by atoms with van der Waals surface area (Å²) < 4.78 is 11.2. The Morgan fingerprint density at radius 2 is 2.04 bits per heavy atom. The number of rotatable bonds is 8. The third-order valence-corrected chi connectivity index (χ3v) is 4.58. The van der Waals surface area contributed by atoms with Crippen molar-refractivity contribution < 1.29 is 9.47 Å². The Labute approximate surface area is 178 Å². The minimum Gasteiger partial charge on any atom is -0.379 e. The summed E-state index contributed by atoms with van der Waals surface area (Å²) in [6.45, 7) is 3.93. The van der Waals surface area contributed by atoms with Crippen molar-refractivity contribution in [3.8, 4) is 0 Å². The lowest BCUT2D eigenvalue weighted by Crippen LogP contribution is -2.37. The van der Waals surface area contributed by atoms with Gasteiger partial charge in [-0.2, -0.15) is 0 Å². The summed E-state index contributed by atoms with van der Waals surface area (Å²) in [5.74, 6) is 0.817. The lowest BCUT2D eigenvalue weighted by Gasteiger charge is -2.13. The van der Waals surface area contributed by atoms with Crippen LogP contribution >= 0.6 is 24.0 Å². The van der Waals surface area contributed by atoms with Crippen LogP contribution in [0.15, 0.2) is 47.5 Å². The van der Waals surface area contributed by atoms with Gasteiger partial charge < -0.3 is 20.1 Å². The molecule has 1 unspecified atom stereocenters. The third kappa shape index (κ3) is 7.27. The predicted octanol–water partition coefficient (Wildman–Crippen LogP) is 3.71. The normalized spacial score (nSPS) is 16.9. The van der Waals surface area contributed by atoms with E-state index in [1.165, 1.54) is 16.3 Å². The fourth-order valence-electron chi connectivity index (χ4n) is 3.13. The molecule has 1 fully saturated rings. The van der Waals surface area contributed by atoms with Crippen molar-refractivity contribution in [1.29, 1.82) is 0 Å².